The maximum absolute atomic E-state index is 13.0. The highest BCUT2D eigenvalue weighted by atomic mass is 16.3. The minimum Gasteiger partial charge on any atom is -0.396 e. The number of rotatable bonds is 2. The van der Waals surface area contributed by atoms with Gasteiger partial charge < -0.3 is 10.0 Å². The molecule has 1 atom stereocenters. The monoisotopic (exact) mass is 321 g/mol. The highest BCUT2D eigenvalue weighted by molar-refractivity contribution is 6.30. The van der Waals surface area contributed by atoms with Crippen LogP contribution in [0.2, 0.25) is 0 Å². The molecule has 0 aromatic heterocycles. The van der Waals surface area contributed by atoms with Gasteiger partial charge in [0.15, 0.2) is 11.6 Å². The van der Waals surface area contributed by atoms with Gasteiger partial charge in [-0.15, -0.1) is 0 Å². The molecule has 4 rings (SSSR count). The number of carbonyl (C=O) groups excluding carboxylic acids is 2. The van der Waals surface area contributed by atoms with E-state index in [1.807, 2.05) is 12.1 Å². The predicted molar refractivity (Wildman–Crippen MR) is 91.8 cm³/mol. The second-order valence-corrected chi connectivity index (χ2v) is 6.54. The van der Waals surface area contributed by atoms with Crippen LogP contribution >= 0.6 is 0 Å². The molecule has 1 aliphatic heterocycles. The Bertz CT molecular complexity index is 827. The van der Waals surface area contributed by atoms with Crippen LogP contribution in [0.3, 0.4) is 0 Å². The summed E-state index contributed by atoms with van der Waals surface area (Å²) in [6, 6.07) is 12.5. The average Bonchev–Trinajstić information content (AvgIpc) is 2.65. The molecule has 2 aromatic rings. The fourth-order valence-electron chi connectivity index (χ4n) is 3.82. The predicted octanol–water partition coefficient (Wildman–Crippen LogP) is 2.67. The van der Waals surface area contributed by atoms with Gasteiger partial charge >= 0.3 is 0 Å². The van der Waals surface area contributed by atoms with Gasteiger partial charge in [-0.05, 0) is 24.8 Å². The quantitative estimate of drug-likeness (QED) is 0.788. The number of ketones is 2. The molecule has 2 aliphatic rings. The van der Waals surface area contributed by atoms with E-state index in [1.165, 1.54) is 0 Å². The molecule has 1 N–H and O–H groups in total. The summed E-state index contributed by atoms with van der Waals surface area (Å²) in [6.07, 6.45) is 1.98. The average molecular weight is 321 g/mol. The van der Waals surface area contributed by atoms with Gasteiger partial charge in [0.2, 0.25) is 0 Å². The van der Waals surface area contributed by atoms with Crippen LogP contribution in [0.25, 0.3) is 0 Å². The van der Waals surface area contributed by atoms with E-state index in [0.29, 0.717) is 22.3 Å². The standard InChI is InChI=1S/C20H19NO3/c22-12-13-5-4-10-21(11-13)17-9-3-8-16-18(17)20(24)15-7-2-1-6-14(15)19(16)23/h1-3,6-9,13,22H,4-5,10-12H2. The topological polar surface area (TPSA) is 57.6 Å². The van der Waals surface area contributed by atoms with Gasteiger partial charge in [0, 0.05) is 42.1 Å². The molecule has 1 saturated heterocycles. The smallest absolute Gasteiger partial charge is 0.196 e. The SMILES string of the molecule is O=C1c2ccccc2C(=O)c2c1cccc2N1CCCC(CO)C1. The summed E-state index contributed by atoms with van der Waals surface area (Å²) in [6.45, 7) is 1.72. The number of aliphatic hydroxyl groups excluding tert-OH is 1. The molecule has 1 unspecified atom stereocenters. The van der Waals surface area contributed by atoms with Crippen LogP contribution in [0.5, 0.6) is 0 Å². The third kappa shape index (κ3) is 2.26. The third-order valence-corrected chi connectivity index (χ3v) is 5.05. The number of benzene rings is 2. The van der Waals surface area contributed by atoms with E-state index in [-0.39, 0.29) is 24.1 Å². The lowest BCUT2D eigenvalue weighted by Crippen LogP contribution is -2.38. The molecule has 4 nitrogen and oxygen atoms in total. The van der Waals surface area contributed by atoms with Crippen molar-refractivity contribution < 1.29 is 14.7 Å². The lowest BCUT2D eigenvalue weighted by atomic mass is 9.82. The number of hydrogen-bond acceptors (Lipinski definition) is 4. The van der Waals surface area contributed by atoms with E-state index in [1.54, 1.807) is 30.3 Å². The van der Waals surface area contributed by atoms with Crippen LogP contribution < -0.4 is 4.90 Å². The number of fused-ring (bicyclic) bond motifs is 2. The van der Waals surface area contributed by atoms with Crippen molar-refractivity contribution in [3.63, 3.8) is 0 Å². The molecule has 4 heteroatoms. The summed E-state index contributed by atoms with van der Waals surface area (Å²) < 4.78 is 0. The first-order valence-corrected chi connectivity index (χ1v) is 8.38. The Balaban J connectivity index is 1.83. The van der Waals surface area contributed by atoms with E-state index in [4.69, 9.17) is 0 Å². The molecule has 0 saturated carbocycles. The summed E-state index contributed by atoms with van der Waals surface area (Å²) >= 11 is 0. The molecule has 0 bridgehead atoms. The van der Waals surface area contributed by atoms with Crippen LogP contribution in [0.4, 0.5) is 5.69 Å². The van der Waals surface area contributed by atoms with Crippen molar-refractivity contribution in [3.8, 4) is 0 Å². The third-order valence-electron chi connectivity index (χ3n) is 5.05. The van der Waals surface area contributed by atoms with Crippen LogP contribution in [0.1, 0.15) is 44.7 Å². The number of hydrogen-bond donors (Lipinski definition) is 1. The molecule has 1 aliphatic carbocycles. The summed E-state index contributed by atoms with van der Waals surface area (Å²) in [7, 11) is 0. The maximum Gasteiger partial charge on any atom is 0.196 e. The highest BCUT2D eigenvalue weighted by Crippen LogP contribution is 2.35. The van der Waals surface area contributed by atoms with Crippen molar-refractivity contribution in [2.24, 2.45) is 5.92 Å². The molecule has 1 heterocycles. The molecular formula is C20H19NO3. The van der Waals surface area contributed by atoms with Crippen LogP contribution in [-0.2, 0) is 0 Å². The van der Waals surface area contributed by atoms with E-state index in [0.717, 1.165) is 31.6 Å². The number of nitrogens with zero attached hydrogens (tertiary/aromatic N) is 1. The normalized spacial score (nSPS) is 19.9. The van der Waals surface area contributed by atoms with Crippen molar-refractivity contribution in [2.45, 2.75) is 12.8 Å². The van der Waals surface area contributed by atoms with Gasteiger partial charge in [-0.2, -0.15) is 0 Å². The molecule has 122 valence electrons. The molecule has 0 spiro atoms. The molecule has 0 radical (unpaired) electrons. The Kier molecular flexibility index (Phi) is 3.69. The van der Waals surface area contributed by atoms with Crippen molar-refractivity contribution >= 4 is 17.3 Å². The minimum absolute atomic E-state index is 0.0816. The Morgan fingerprint density at radius 2 is 1.67 bits per heavy atom. The summed E-state index contributed by atoms with van der Waals surface area (Å²) in [5.74, 6) is 0.0518. The first kappa shape index (κ1) is 15.1. The van der Waals surface area contributed by atoms with Gasteiger partial charge in [0.25, 0.3) is 0 Å². The first-order chi connectivity index (χ1) is 11.7. The van der Waals surface area contributed by atoms with E-state index >= 15 is 0 Å². The zero-order chi connectivity index (χ0) is 16.7. The second kappa shape index (κ2) is 5.87. The van der Waals surface area contributed by atoms with Crippen molar-refractivity contribution in [1.82, 2.24) is 0 Å². The summed E-state index contributed by atoms with van der Waals surface area (Å²) in [5.41, 5.74) is 2.79. The van der Waals surface area contributed by atoms with Crippen molar-refractivity contribution in [2.75, 3.05) is 24.6 Å². The van der Waals surface area contributed by atoms with Gasteiger partial charge in [0.1, 0.15) is 0 Å². The van der Waals surface area contributed by atoms with Crippen LogP contribution in [-0.4, -0.2) is 36.4 Å². The van der Waals surface area contributed by atoms with Gasteiger partial charge in [0.05, 0.1) is 5.56 Å². The summed E-state index contributed by atoms with van der Waals surface area (Å²) in [4.78, 5) is 28.0. The fourth-order valence-corrected chi connectivity index (χ4v) is 3.82. The first-order valence-electron chi connectivity index (χ1n) is 8.38. The second-order valence-electron chi connectivity index (χ2n) is 6.54. The zero-order valence-electron chi connectivity index (χ0n) is 13.4. The van der Waals surface area contributed by atoms with Gasteiger partial charge in [-0.25, -0.2) is 0 Å². The molecule has 24 heavy (non-hydrogen) atoms. The lowest BCUT2D eigenvalue weighted by Gasteiger charge is -2.35. The molecule has 2 aromatic carbocycles. The minimum atomic E-state index is -0.0854. The lowest BCUT2D eigenvalue weighted by molar-refractivity contribution is 0.0979. The van der Waals surface area contributed by atoms with Crippen molar-refractivity contribution in [1.29, 1.82) is 0 Å². The largest absolute Gasteiger partial charge is 0.396 e. The number of carbonyl (C=O) groups is 2. The van der Waals surface area contributed by atoms with Crippen LogP contribution in [0.15, 0.2) is 42.5 Å². The fraction of sp³-hybridized carbons (Fsp3) is 0.300. The maximum atomic E-state index is 13.0. The highest BCUT2D eigenvalue weighted by Gasteiger charge is 2.33. The number of aliphatic hydroxyl groups is 1. The number of anilines is 1. The van der Waals surface area contributed by atoms with E-state index < -0.39 is 0 Å². The molecule has 1 fully saturated rings. The Hall–Kier alpha value is -2.46. The Morgan fingerprint density at radius 1 is 0.958 bits per heavy atom. The number of piperidine rings is 1. The zero-order valence-corrected chi connectivity index (χ0v) is 13.4. The molecular weight excluding hydrogens is 302 g/mol. The summed E-state index contributed by atoms with van der Waals surface area (Å²) in [5, 5.41) is 9.47. The Labute approximate surface area is 140 Å². The van der Waals surface area contributed by atoms with Gasteiger partial charge in [-0.1, -0.05) is 36.4 Å². The molecule has 0 amide bonds. The van der Waals surface area contributed by atoms with E-state index in [9.17, 15) is 14.7 Å². The Morgan fingerprint density at radius 3 is 2.42 bits per heavy atom. The van der Waals surface area contributed by atoms with Crippen molar-refractivity contribution in [3.05, 3.63) is 64.7 Å². The van der Waals surface area contributed by atoms with E-state index in [2.05, 4.69) is 4.90 Å². The van der Waals surface area contributed by atoms with Crippen LogP contribution in [0, 0.1) is 5.92 Å². The van der Waals surface area contributed by atoms with Gasteiger partial charge in [-0.3, -0.25) is 9.59 Å².